The second-order valence-electron chi connectivity index (χ2n) is 16.7. The predicted octanol–water partition coefficient (Wildman–Crippen LogP) is 14.2. The number of benzene rings is 9. The second-order valence-corrected chi connectivity index (χ2v) is 16.7. The van der Waals surface area contributed by atoms with Gasteiger partial charge in [0, 0.05) is 32.7 Å². The highest BCUT2D eigenvalue weighted by atomic mass is 16.3. The summed E-state index contributed by atoms with van der Waals surface area (Å²) in [6.45, 7) is 0. The number of aromatic nitrogens is 4. The Kier molecular flexibility index (Phi) is 6.97. The van der Waals surface area contributed by atoms with Crippen LogP contribution in [0.1, 0.15) is 22.3 Å². The molecular formula is C58H34N4O. The number of hydrogen-bond donors (Lipinski definition) is 0. The Morgan fingerprint density at radius 3 is 1.49 bits per heavy atom. The molecule has 12 aromatic rings. The summed E-state index contributed by atoms with van der Waals surface area (Å²) in [5.74, 6) is 1.84. The minimum absolute atomic E-state index is 0.417. The van der Waals surface area contributed by atoms with Crippen molar-refractivity contribution < 1.29 is 4.42 Å². The van der Waals surface area contributed by atoms with Crippen molar-refractivity contribution in [2.75, 3.05) is 0 Å². The molecule has 3 heterocycles. The molecule has 1 spiro atoms. The van der Waals surface area contributed by atoms with Crippen molar-refractivity contribution in [3.8, 4) is 62.1 Å². The molecule has 0 fully saturated rings. The third-order valence-electron chi connectivity index (χ3n) is 13.5. The van der Waals surface area contributed by atoms with E-state index in [1.54, 1.807) is 0 Å². The molecule has 0 saturated heterocycles. The molecule has 5 heteroatoms. The van der Waals surface area contributed by atoms with Gasteiger partial charge in [-0.3, -0.25) is 4.57 Å². The van der Waals surface area contributed by atoms with Crippen LogP contribution in [0.5, 0.6) is 0 Å². The van der Waals surface area contributed by atoms with Crippen molar-refractivity contribution in [2.45, 2.75) is 5.41 Å². The van der Waals surface area contributed by atoms with E-state index < -0.39 is 5.41 Å². The van der Waals surface area contributed by atoms with Crippen molar-refractivity contribution in [2.24, 2.45) is 0 Å². The Morgan fingerprint density at radius 1 is 0.333 bits per heavy atom. The molecule has 0 atom stereocenters. The summed E-state index contributed by atoms with van der Waals surface area (Å²) < 4.78 is 8.96. The zero-order valence-corrected chi connectivity index (χ0v) is 33.8. The van der Waals surface area contributed by atoms with Gasteiger partial charge >= 0.3 is 0 Å². The van der Waals surface area contributed by atoms with Gasteiger partial charge in [0.2, 0.25) is 5.95 Å². The summed E-state index contributed by atoms with van der Waals surface area (Å²) in [5, 5.41) is 4.48. The smallest absolute Gasteiger partial charge is 0.238 e. The van der Waals surface area contributed by atoms with Crippen LogP contribution in [0.4, 0.5) is 0 Å². The number of hydrogen-bond acceptors (Lipinski definition) is 4. The highest BCUT2D eigenvalue weighted by Gasteiger charge is 2.51. The van der Waals surface area contributed by atoms with Gasteiger partial charge in [0.1, 0.15) is 11.2 Å². The topological polar surface area (TPSA) is 56.7 Å². The Labute approximate surface area is 362 Å². The highest BCUT2D eigenvalue weighted by Crippen LogP contribution is 2.63. The molecule has 2 aliphatic rings. The van der Waals surface area contributed by atoms with Crippen LogP contribution in [0.3, 0.4) is 0 Å². The van der Waals surface area contributed by atoms with E-state index in [0.29, 0.717) is 17.6 Å². The minimum atomic E-state index is -0.417. The van der Waals surface area contributed by atoms with Gasteiger partial charge in [-0.05, 0) is 98.1 Å². The van der Waals surface area contributed by atoms with Crippen LogP contribution in [0.25, 0.3) is 106 Å². The lowest BCUT2D eigenvalue weighted by Gasteiger charge is -2.30. The largest absolute Gasteiger partial charge is 0.456 e. The van der Waals surface area contributed by atoms with Crippen LogP contribution in [0.15, 0.2) is 211 Å². The maximum Gasteiger partial charge on any atom is 0.238 e. The zero-order valence-electron chi connectivity index (χ0n) is 33.8. The van der Waals surface area contributed by atoms with Crippen LogP contribution >= 0.6 is 0 Å². The third kappa shape index (κ3) is 4.73. The van der Waals surface area contributed by atoms with Crippen LogP contribution in [-0.2, 0) is 5.41 Å². The summed E-state index contributed by atoms with van der Waals surface area (Å²) >= 11 is 0. The molecule has 63 heavy (non-hydrogen) atoms. The van der Waals surface area contributed by atoms with E-state index in [4.69, 9.17) is 19.4 Å². The first-order chi connectivity index (χ1) is 31.2. The first kappa shape index (κ1) is 34.3. The molecule has 14 rings (SSSR count). The average Bonchev–Trinajstić information content (AvgIpc) is 4.06. The van der Waals surface area contributed by atoms with E-state index in [1.807, 2.05) is 60.7 Å². The number of nitrogens with zero attached hydrogens (tertiary/aromatic N) is 4. The van der Waals surface area contributed by atoms with Gasteiger partial charge < -0.3 is 4.42 Å². The predicted molar refractivity (Wildman–Crippen MR) is 254 cm³/mol. The number of furan rings is 1. The SMILES string of the molecule is c1ccc(-c2nc(-c3ccccc3)nc(-n3c4ccccc4c4cc(-c5ccc6oc7cc8c(cc7c6c5)-c5ccccc5C85c6ccccc6-c6ccccc65)ccc43)n2)cc1. The summed E-state index contributed by atoms with van der Waals surface area (Å²) in [6, 6.07) is 73.7. The lowest BCUT2D eigenvalue weighted by molar-refractivity contribution is 0.666. The number of para-hydroxylation sites is 1. The normalized spacial score (nSPS) is 13.2. The molecule has 0 unspecified atom stereocenters. The molecule has 5 nitrogen and oxygen atoms in total. The molecule has 0 aliphatic heterocycles. The van der Waals surface area contributed by atoms with Gasteiger partial charge in [0.25, 0.3) is 0 Å². The van der Waals surface area contributed by atoms with Crippen LogP contribution in [0.2, 0.25) is 0 Å². The standard InChI is InChI=1S/C58H34N4O/c1-3-15-35(16-4-1)55-59-56(36-17-5-2-6-18-36)61-57(60-55)62-51-26-14-10-22-42(51)44-31-37(27-29-52(44)62)38-28-30-53-45(32-38)46-33-43-41-21-9-13-25-49(41)58(50(43)34-54(46)63-53)47-23-11-7-19-39(47)40-20-8-12-24-48(40)58/h1-34H. The Balaban J connectivity index is 0.939. The summed E-state index contributed by atoms with van der Waals surface area (Å²) in [5.41, 5.74) is 17.9. The van der Waals surface area contributed by atoms with Gasteiger partial charge in [-0.15, -0.1) is 0 Å². The Morgan fingerprint density at radius 2 is 0.841 bits per heavy atom. The monoisotopic (exact) mass is 802 g/mol. The lowest BCUT2D eigenvalue weighted by Crippen LogP contribution is -2.25. The first-order valence-corrected chi connectivity index (χ1v) is 21.4. The summed E-state index contributed by atoms with van der Waals surface area (Å²) in [7, 11) is 0. The Bertz CT molecular complexity index is 3760. The van der Waals surface area contributed by atoms with Crippen LogP contribution in [-0.4, -0.2) is 19.5 Å². The highest BCUT2D eigenvalue weighted by molar-refractivity contribution is 6.12. The van der Waals surface area contributed by atoms with Crippen molar-refractivity contribution >= 4 is 43.7 Å². The van der Waals surface area contributed by atoms with Gasteiger partial charge in [-0.2, -0.15) is 9.97 Å². The van der Waals surface area contributed by atoms with Crippen molar-refractivity contribution in [3.05, 3.63) is 229 Å². The van der Waals surface area contributed by atoms with Crippen molar-refractivity contribution in [1.29, 1.82) is 0 Å². The maximum atomic E-state index is 6.79. The molecule has 2 aliphatic carbocycles. The molecule has 0 amide bonds. The van der Waals surface area contributed by atoms with E-state index in [2.05, 4.69) is 150 Å². The van der Waals surface area contributed by atoms with Crippen molar-refractivity contribution in [3.63, 3.8) is 0 Å². The van der Waals surface area contributed by atoms with Gasteiger partial charge in [-0.25, -0.2) is 4.98 Å². The number of rotatable bonds is 4. The van der Waals surface area contributed by atoms with Crippen LogP contribution < -0.4 is 0 Å². The number of fused-ring (bicyclic) bond motifs is 16. The molecule has 9 aromatic carbocycles. The van der Waals surface area contributed by atoms with Crippen molar-refractivity contribution in [1.82, 2.24) is 19.5 Å². The van der Waals surface area contributed by atoms with E-state index in [9.17, 15) is 0 Å². The molecule has 0 N–H and O–H groups in total. The fraction of sp³-hybridized carbons (Fsp3) is 0.0172. The maximum absolute atomic E-state index is 6.79. The van der Waals surface area contributed by atoms with E-state index >= 15 is 0 Å². The van der Waals surface area contributed by atoms with E-state index in [-0.39, 0.29) is 0 Å². The summed E-state index contributed by atoms with van der Waals surface area (Å²) in [6.07, 6.45) is 0. The minimum Gasteiger partial charge on any atom is -0.456 e. The molecule has 292 valence electrons. The molecular weight excluding hydrogens is 769 g/mol. The molecule has 0 saturated carbocycles. The Hall–Kier alpha value is -8.41. The molecule has 0 radical (unpaired) electrons. The van der Waals surface area contributed by atoms with E-state index in [0.717, 1.165) is 66.0 Å². The fourth-order valence-corrected chi connectivity index (χ4v) is 10.8. The quantitative estimate of drug-likeness (QED) is 0.178. The average molecular weight is 803 g/mol. The lowest BCUT2D eigenvalue weighted by atomic mass is 9.70. The fourth-order valence-electron chi connectivity index (χ4n) is 10.8. The summed E-state index contributed by atoms with van der Waals surface area (Å²) in [4.78, 5) is 15.2. The van der Waals surface area contributed by atoms with Crippen LogP contribution in [0, 0.1) is 0 Å². The second kappa shape index (κ2) is 12.8. The first-order valence-electron chi connectivity index (χ1n) is 21.4. The third-order valence-corrected chi connectivity index (χ3v) is 13.5. The zero-order chi connectivity index (χ0) is 41.2. The molecule has 0 bridgehead atoms. The molecule has 3 aromatic heterocycles. The van der Waals surface area contributed by atoms with Gasteiger partial charge in [0.05, 0.1) is 16.4 Å². The van der Waals surface area contributed by atoms with Gasteiger partial charge in [0.15, 0.2) is 11.6 Å². The van der Waals surface area contributed by atoms with Gasteiger partial charge in [-0.1, -0.05) is 164 Å². The van der Waals surface area contributed by atoms with E-state index in [1.165, 1.54) is 44.5 Å².